The van der Waals surface area contributed by atoms with Gasteiger partial charge in [0.2, 0.25) is 5.91 Å². The molecule has 2 rings (SSSR count). The maximum Gasteiger partial charge on any atom is 0.233 e. The normalized spacial score (nSPS) is 16.8. The van der Waals surface area contributed by atoms with E-state index in [4.69, 9.17) is 18.0 Å². The number of hydrogen-bond acceptors (Lipinski definition) is 3. The Hall–Kier alpha value is -1.43. The zero-order valence-corrected chi connectivity index (χ0v) is 9.64. The van der Waals surface area contributed by atoms with Crippen molar-refractivity contribution in [2.75, 3.05) is 6.54 Å². The number of nitrogens with zero attached hydrogens (tertiary/aromatic N) is 1. The van der Waals surface area contributed by atoms with Gasteiger partial charge in [-0.2, -0.15) is 0 Å². The molecule has 16 heavy (non-hydrogen) atoms. The molecular weight excluding hydrogens is 224 g/mol. The fraction of sp³-hybridized carbons (Fsp3) is 0.500. The second-order valence-corrected chi connectivity index (χ2v) is 4.47. The van der Waals surface area contributed by atoms with Gasteiger partial charge in [0.05, 0.1) is 16.7 Å². The van der Waals surface area contributed by atoms with Crippen molar-refractivity contribution in [1.82, 2.24) is 15.3 Å². The first-order valence-electron chi connectivity index (χ1n) is 5.20. The highest BCUT2D eigenvalue weighted by Gasteiger charge is 2.52. The van der Waals surface area contributed by atoms with Gasteiger partial charge in [-0.15, -0.1) is 0 Å². The summed E-state index contributed by atoms with van der Waals surface area (Å²) >= 11 is 4.90. The molecule has 0 aliphatic heterocycles. The van der Waals surface area contributed by atoms with Gasteiger partial charge in [-0.1, -0.05) is 12.2 Å². The molecule has 4 N–H and O–H groups in total. The van der Waals surface area contributed by atoms with E-state index < -0.39 is 5.41 Å². The molecule has 0 aromatic carbocycles. The minimum Gasteiger partial charge on any atom is -0.392 e. The van der Waals surface area contributed by atoms with E-state index in [1.165, 1.54) is 0 Å². The number of thiocarbonyl (C=S) groups is 1. The predicted octanol–water partition coefficient (Wildman–Crippen LogP) is 0.135. The minimum atomic E-state index is -0.552. The third-order valence-corrected chi connectivity index (χ3v) is 3.28. The number of hydrogen-bond donors (Lipinski definition) is 3. The Morgan fingerprint density at radius 1 is 1.69 bits per heavy atom. The lowest BCUT2D eigenvalue weighted by Crippen LogP contribution is -2.40. The summed E-state index contributed by atoms with van der Waals surface area (Å²) < 4.78 is 0. The third kappa shape index (κ3) is 2.06. The van der Waals surface area contributed by atoms with Crippen LogP contribution in [0.15, 0.2) is 12.5 Å². The molecule has 0 saturated heterocycles. The molecule has 1 saturated carbocycles. The fourth-order valence-electron chi connectivity index (χ4n) is 1.61. The highest BCUT2D eigenvalue weighted by Crippen LogP contribution is 2.46. The minimum absolute atomic E-state index is 0.0421. The highest BCUT2D eigenvalue weighted by atomic mass is 32.1. The highest BCUT2D eigenvalue weighted by molar-refractivity contribution is 7.80. The Bertz CT molecular complexity index is 397. The second-order valence-electron chi connectivity index (χ2n) is 4.03. The lowest BCUT2D eigenvalue weighted by atomic mass is 10.1. The molecule has 1 aliphatic carbocycles. The van der Waals surface area contributed by atoms with Crippen molar-refractivity contribution in [3.8, 4) is 0 Å². The van der Waals surface area contributed by atoms with Crippen LogP contribution in [0.5, 0.6) is 0 Å². The lowest BCUT2D eigenvalue weighted by molar-refractivity contribution is -0.123. The van der Waals surface area contributed by atoms with Gasteiger partial charge in [-0.25, -0.2) is 4.98 Å². The summed E-state index contributed by atoms with van der Waals surface area (Å²) in [5.74, 6) is -0.0421. The van der Waals surface area contributed by atoms with Crippen LogP contribution in [-0.2, 0) is 11.2 Å². The molecule has 1 aromatic rings. The number of aromatic nitrogens is 2. The molecule has 0 bridgehead atoms. The molecule has 1 aromatic heterocycles. The molecule has 0 spiro atoms. The molecule has 0 atom stereocenters. The quantitative estimate of drug-likeness (QED) is 0.637. The van der Waals surface area contributed by atoms with Gasteiger partial charge in [0, 0.05) is 24.9 Å². The predicted molar refractivity (Wildman–Crippen MR) is 63.8 cm³/mol. The Labute approximate surface area is 98.8 Å². The smallest absolute Gasteiger partial charge is 0.233 e. The van der Waals surface area contributed by atoms with E-state index >= 15 is 0 Å². The average molecular weight is 238 g/mol. The molecule has 0 radical (unpaired) electrons. The molecule has 1 heterocycles. The lowest BCUT2D eigenvalue weighted by Gasteiger charge is -2.12. The van der Waals surface area contributed by atoms with Gasteiger partial charge in [0.1, 0.15) is 0 Å². The van der Waals surface area contributed by atoms with Crippen LogP contribution in [0.2, 0.25) is 0 Å². The van der Waals surface area contributed by atoms with E-state index in [1.807, 2.05) is 0 Å². The first-order chi connectivity index (χ1) is 7.65. The van der Waals surface area contributed by atoms with Crippen molar-refractivity contribution >= 4 is 23.1 Å². The zero-order chi connectivity index (χ0) is 11.6. The number of imidazole rings is 1. The van der Waals surface area contributed by atoms with Crippen LogP contribution < -0.4 is 11.1 Å². The van der Waals surface area contributed by atoms with Gasteiger partial charge in [0.25, 0.3) is 0 Å². The summed E-state index contributed by atoms with van der Waals surface area (Å²) in [5, 5.41) is 2.85. The summed E-state index contributed by atoms with van der Waals surface area (Å²) in [7, 11) is 0. The Morgan fingerprint density at radius 3 is 2.94 bits per heavy atom. The monoisotopic (exact) mass is 238 g/mol. The molecule has 6 heteroatoms. The van der Waals surface area contributed by atoms with Crippen LogP contribution in [-0.4, -0.2) is 27.4 Å². The van der Waals surface area contributed by atoms with Crippen molar-refractivity contribution in [3.63, 3.8) is 0 Å². The third-order valence-electron chi connectivity index (χ3n) is 2.89. The van der Waals surface area contributed by atoms with E-state index in [2.05, 4.69) is 15.3 Å². The second kappa shape index (κ2) is 4.21. The number of carbonyl (C=O) groups is 1. The summed E-state index contributed by atoms with van der Waals surface area (Å²) in [6.45, 7) is 0.575. The summed E-state index contributed by atoms with van der Waals surface area (Å²) in [5.41, 5.74) is 6.00. The molecule has 1 aliphatic rings. The SMILES string of the molecule is NC(=S)C1(C(=O)NCCc2cnc[nH]2)CC1. The topological polar surface area (TPSA) is 83.8 Å². The molecular formula is C10H14N4OS. The van der Waals surface area contributed by atoms with Crippen LogP contribution in [0.3, 0.4) is 0 Å². The number of rotatable bonds is 5. The Morgan fingerprint density at radius 2 is 2.44 bits per heavy atom. The Balaban J connectivity index is 1.79. The summed E-state index contributed by atoms with van der Waals surface area (Å²) in [4.78, 5) is 19.0. The largest absolute Gasteiger partial charge is 0.392 e. The van der Waals surface area contributed by atoms with Crippen molar-refractivity contribution in [2.24, 2.45) is 11.1 Å². The van der Waals surface area contributed by atoms with Gasteiger partial charge in [-0.3, -0.25) is 4.79 Å². The van der Waals surface area contributed by atoms with Crippen LogP contribution >= 0.6 is 12.2 Å². The maximum absolute atomic E-state index is 11.8. The standard InChI is InChI=1S/C10H14N4OS/c11-8(16)10(2-3-10)9(15)13-4-1-7-5-12-6-14-7/h5-6H,1-4H2,(H2,11,16)(H,12,14)(H,13,15). The number of amides is 1. The fourth-order valence-corrected chi connectivity index (χ4v) is 1.91. The average Bonchev–Trinajstić information content (AvgIpc) is 2.92. The van der Waals surface area contributed by atoms with Crippen LogP contribution in [0.1, 0.15) is 18.5 Å². The number of aromatic amines is 1. The number of H-pyrrole nitrogens is 1. The first-order valence-corrected chi connectivity index (χ1v) is 5.61. The number of nitrogens with two attached hydrogens (primary N) is 1. The molecule has 1 fully saturated rings. The molecule has 0 unspecified atom stereocenters. The summed E-state index contributed by atoms with van der Waals surface area (Å²) in [6, 6.07) is 0. The van der Waals surface area contributed by atoms with Crippen LogP contribution in [0.4, 0.5) is 0 Å². The van der Waals surface area contributed by atoms with Crippen molar-refractivity contribution in [2.45, 2.75) is 19.3 Å². The number of carbonyl (C=O) groups excluding carboxylic acids is 1. The van der Waals surface area contributed by atoms with Gasteiger partial charge in [-0.05, 0) is 12.8 Å². The number of nitrogens with one attached hydrogen (secondary N) is 2. The van der Waals surface area contributed by atoms with Gasteiger partial charge >= 0.3 is 0 Å². The molecule has 5 nitrogen and oxygen atoms in total. The van der Waals surface area contributed by atoms with E-state index in [1.54, 1.807) is 12.5 Å². The van der Waals surface area contributed by atoms with Crippen molar-refractivity contribution in [1.29, 1.82) is 0 Å². The van der Waals surface area contributed by atoms with E-state index in [-0.39, 0.29) is 5.91 Å². The maximum atomic E-state index is 11.8. The van der Waals surface area contributed by atoms with Crippen LogP contribution in [0.25, 0.3) is 0 Å². The first kappa shape index (κ1) is 11.1. The van der Waals surface area contributed by atoms with Crippen molar-refractivity contribution < 1.29 is 4.79 Å². The van der Waals surface area contributed by atoms with E-state index in [9.17, 15) is 4.79 Å². The van der Waals surface area contributed by atoms with E-state index in [0.717, 1.165) is 25.0 Å². The Kier molecular flexibility index (Phi) is 2.91. The zero-order valence-electron chi connectivity index (χ0n) is 8.82. The van der Waals surface area contributed by atoms with Gasteiger partial charge < -0.3 is 16.0 Å². The van der Waals surface area contributed by atoms with Crippen LogP contribution in [0, 0.1) is 5.41 Å². The van der Waals surface area contributed by atoms with Gasteiger partial charge in [0.15, 0.2) is 0 Å². The molecule has 1 amide bonds. The molecule has 86 valence electrons. The van der Waals surface area contributed by atoms with Crippen molar-refractivity contribution in [3.05, 3.63) is 18.2 Å². The summed E-state index contributed by atoms with van der Waals surface area (Å²) in [6.07, 6.45) is 5.65. The van der Waals surface area contributed by atoms with E-state index in [0.29, 0.717) is 11.5 Å².